The van der Waals surface area contributed by atoms with Gasteiger partial charge in [-0.05, 0) is 70.5 Å². The summed E-state index contributed by atoms with van der Waals surface area (Å²) in [7, 11) is 1.47. The van der Waals surface area contributed by atoms with Gasteiger partial charge in [-0.25, -0.2) is 0 Å². The van der Waals surface area contributed by atoms with Gasteiger partial charge in [0.15, 0.2) is 0 Å². The lowest BCUT2D eigenvalue weighted by atomic mass is 9.62. The number of anilines is 1. The average molecular weight is 392 g/mol. The van der Waals surface area contributed by atoms with Gasteiger partial charge in [-0.15, -0.1) is 0 Å². The first-order valence-corrected chi connectivity index (χ1v) is 10.7. The molecular formula is C26H33NO2. The van der Waals surface area contributed by atoms with Gasteiger partial charge in [-0.3, -0.25) is 4.79 Å². The summed E-state index contributed by atoms with van der Waals surface area (Å²) < 4.78 is 4.87. The van der Waals surface area contributed by atoms with Crippen LogP contribution >= 0.6 is 0 Å². The third kappa shape index (κ3) is 3.45. The summed E-state index contributed by atoms with van der Waals surface area (Å²) in [6.07, 6.45) is 2.45. The molecule has 0 aromatic heterocycles. The maximum absolute atomic E-state index is 11.7. The molecule has 0 saturated carbocycles. The molecule has 2 aromatic carbocycles. The third-order valence-corrected chi connectivity index (χ3v) is 7.14. The van der Waals surface area contributed by atoms with Crippen LogP contribution in [-0.2, 0) is 20.4 Å². The Hall–Kier alpha value is -2.29. The fourth-order valence-electron chi connectivity index (χ4n) is 4.91. The molecule has 1 fully saturated rings. The van der Waals surface area contributed by atoms with Crippen molar-refractivity contribution in [2.45, 2.75) is 58.3 Å². The second-order valence-corrected chi connectivity index (χ2v) is 10.2. The van der Waals surface area contributed by atoms with Crippen LogP contribution in [0.4, 0.5) is 5.69 Å². The largest absolute Gasteiger partial charge is 0.469 e. The van der Waals surface area contributed by atoms with E-state index >= 15 is 0 Å². The summed E-state index contributed by atoms with van der Waals surface area (Å²) >= 11 is 0. The molecule has 0 N–H and O–H groups in total. The molecule has 1 heterocycles. The summed E-state index contributed by atoms with van der Waals surface area (Å²) in [5.41, 5.74) is 8.53. The van der Waals surface area contributed by atoms with E-state index in [9.17, 15) is 4.79 Å². The number of esters is 1. The number of rotatable bonds is 3. The van der Waals surface area contributed by atoms with E-state index in [1.807, 2.05) is 0 Å². The van der Waals surface area contributed by atoms with E-state index in [4.69, 9.17) is 4.74 Å². The van der Waals surface area contributed by atoms with Crippen molar-refractivity contribution in [2.75, 3.05) is 25.1 Å². The maximum atomic E-state index is 11.7. The molecule has 1 aliphatic heterocycles. The van der Waals surface area contributed by atoms with Gasteiger partial charge in [0, 0.05) is 18.8 Å². The first-order valence-electron chi connectivity index (χ1n) is 10.7. The molecule has 0 radical (unpaired) electrons. The Morgan fingerprint density at radius 2 is 1.62 bits per heavy atom. The number of aryl methyl sites for hydroxylation is 1. The Morgan fingerprint density at radius 1 is 1.00 bits per heavy atom. The summed E-state index contributed by atoms with van der Waals surface area (Å²) in [5, 5.41) is 0. The predicted octanol–water partition coefficient (Wildman–Crippen LogP) is 5.62. The molecule has 1 saturated heterocycles. The highest BCUT2D eigenvalue weighted by Gasteiger charge is 2.37. The van der Waals surface area contributed by atoms with Crippen LogP contribution in [0, 0.1) is 12.8 Å². The van der Waals surface area contributed by atoms with Crippen LogP contribution in [0.15, 0.2) is 36.4 Å². The smallest absolute Gasteiger partial charge is 0.312 e. The maximum Gasteiger partial charge on any atom is 0.312 e. The van der Waals surface area contributed by atoms with Crippen molar-refractivity contribution in [3.05, 3.63) is 53.1 Å². The molecule has 0 unspecified atom stereocenters. The van der Waals surface area contributed by atoms with Gasteiger partial charge in [0.1, 0.15) is 0 Å². The average Bonchev–Trinajstić information content (AvgIpc) is 2.64. The first-order chi connectivity index (χ1) is 13.6. The molecule has 3 nitrogen and oxygen atoms in total. The third-order valence-electron chi connectivity index (χ3n) is 7.14. The number of fused-ring (bicyclic) bond motifs is 1. The predicted molar refractivity (Wildman–Crippen MR) is 120 cm³/mol. The second-order valence-electron chi connectivity index (χ2n) is 10.2. The zero-order valence-electron chi connectivity index (χ0n) is 18.6. The van der Waals surface area contributed by atoms with Crippen molar-refractivity contribution in [2.24, 2.45) is 5.92 Å². The quantitative estimate of drug-likeness (QED) is 0.636. The Bertz CT molecular complexity index is 951. The number of hydrogen-bond acceptors (Lipinski definition) is 3. The number of hydrogen-bond donors (Lipinski definition) is 0. The highest BCUT2D eigenvalue weighted by atomic mass is 16.5. The topological polar surface area (TPSA) is 29.5 Å². The normalized spacial score (nSPS) is 20.0. The fraction of sp³-hybridized carbons (Fsp3) is 0.500. The van der Waals surface area contributed by atoms with Crippen molar-refractivity contribution in [1.82, 2.24) is 0 Å². The van der Waals surface area contributed by atoms with Gasteiger partial charge in [0.05, 0.1) is 13.0 Å². The van der Waals surface area contributed by atoms with Crippen molar-refractivity contribution < 1.29 is 9.53 Å². The molecule has 29 heavy (non-hydrogen) atoms. The summed E-state index contributed by atoms with van der Waals surface area (Å²) in [6.45, 7) is 13.2. The Labute approximate surface area is 175 Å². The highest BCUT2D eigenvalue weighted by molar-refractivity contribution is 5.78. The van der Waals surface area contributed by atoms with Gasteiger partial charge < -0.3 is 9.64 Å². The summed E-state index contributed by atoms with van der Waals surface area (Å²) in [5.74, 6) is -0.107. The fourth-order valence-corrected chi connectivity index (χ4v) is 4.91. The van der Waals surface area contributed by atoms with E-state index in [1.54, 1.807) is 0 Å². The highest BCUT2D eigenvalue weighted by Crippen LogP contribution is 2.47. The van der Waals surface area contributed by atoms with E-state index in [0.29, 0.717) is 0 Å². The van der Waals surface area contributed by atoms with Gasteiger partial charge in [-0.2, -0.15) is 0 Å². The molecule has 1 aliphatic carbocycles. The second kappa shape index (κ2) is 6.90. The van der Waals surface area contributed by atoms with E-state index in [1.165, 1.54) is 53.5 Å². The van der Waals surface area contributed by atoms with E-state index in [0.717, 1.165) is 13.1 Å². The summed E-state index contributed by atoms with van der Waals surface area (Å²) in [6, 6.07) is 13.6. The molecule has 0 bridgehead atoms. The number of ether oxygens (including phenoxy) is 1. The van der Waals surface area contributed by atoms with Gasteiger partial charge in [0.25, 0.3) is 0 Å². The lowest BCUT2D eigenvalue weighted by Crippen LogP contribution is -2.50. The molecular weight excluding hydrogens is 358 g/mol. The zero-order valence-corrected chi connectivity index (χ0v) is 18.6. The Balaban J connectivity index is 1.69. The van der Waals surface area contributed by atoms with Crippen LogP contribution in [0.2, 0.25) is 0 Å². The SMILES string of the molecule is COC(=O)C1CN(c2cccc(-c3cc4c(cc3C)C(C)(C)CCC4(C)C)c2)C1. The molecule has 4 rings (SSSR count). The molecule has 3 heteroatoms. The van der Waals surface area contributed by atoms with Gasteiger partial charge in [-0.1, -0.05) is 52.0 Å². The number of nitrogens with zero attached hydrogens (tertiary/aromatic N) is 1. The van der Waals surface area contributed by atoms with Crippen molar-refractivity contribution in [1.29, 1.82) is 0 Å². The molecule has 2 aromatic rings. The van der Waals surface area contributed by atoms with E-state index < -0.39 is 0 Å². The number of carbonyl (C=O) groups is 1. The molecule has 0 spiro atoms. The standard InChI is InChI=1S/C26H33NO2/c1-17-12-22-23(26(4,5)11-10-25(22,2)3)14-21(17)18-8-7-9-20(13-18)27-15-19(16-27)24(28)29-6/h7-9,12-14,19H,10-11,15-16H2,1-6H3. The zero-order chi connectivity index (χ0) is 21.0. The Kier molecular flexibility index (Phi) is 4.76. The lowest BCUT2D eigenvalue weighted by Gasteiger charge is -2.42. The van der Waals surface area contributed by atoms with Crippen LogP contribution in [0.3, 0.4) is 0 Å². The summed E-state index contributed by atoms with van der Waals surface area (Å²) in [4.78, 5) is 14.0. The number of benzene rings is 2. The van der Waals surface area contributed by atoms with Crippen molar-refractivity contribution in [3.8, 4) is 11.1 Å². The first kappa shape index (κ1) is 20.0. The number of carbonyl (C=O) groups excluding carboxylic acids is 1. The van der Waals surface area contributed by atoms with Crippen LogP contribution < -0.4 is 4.90 Å². The van der Waals surface area contributed by atoms with Crippen molar-refractivity contribution >= 4 is 11.7 Å². The minimum Gasteiger partial charge on any atom is -0.469 e. The minimum atomic E-state index is -0.104. The van der Waals surface area contributed by atoms with Crippen molar-refractivity contribution in [3.63, 3.8) is 0 Å². The van der Waals surface area contributed by atoms with Crippen LogP contribution in [0.25, 0.3) is 11.1 Å². The van der Waals surface area contributed by atoms with E-state index in [-0.39, 0.29) is 22.7 Å². The molecule has 0 amide bonds. The monoisotopic (exact) mass is 391 g/mol. The molecule has 0 atom stereocenters. The van der Waals surface area contributed by atoms with Crippen LogP contribution in [0.5, 0.6) is 0 Å². The molecule has 154 valence electrons. The van der Waals surface area contributed by atoms with E-state index in [2.05, 4.69) is 75.9 Å². The van der Waals surface area contributed by atoms with Gasteiger partial charge >= 0.3 is 5.97 Å². The molecule has 2 aliphatic rings. The number of methoxy groups -OCH3 is 1. The van der Waals surface area contributed by atoms with Crippen LogP contribution in [-0.4, -0.2) is 26.2 Å². The minimum absolute atomic E-state index is 0.00262. The van der Waals surface area contributed by atoms with Gasteiger partial charge in [0.2, 0.25) is 0 Å². The van der Waals surface area contributed by atoms with Crippen LogP contribution in [0.1, 0.15) is 57.2 Å². The Morgan fingerprint density at radius 3 is 2.24 bits per heavy atom. The lowest BCUT2D eigenvalue weighted by molar-refractivity contribution is -0.146.